The lowest BCUT2D eigenvalue weighted by Crippen LogP contribution is -2.39. The van der Waals surface area contributed by atoms with Gasteiger partial charge in [-0.3, -0.25) is 4.79 Å². The van der Waals surface area contributed by atoms with Crippen LogP contribution in [0.3, 0.4) is 0 Å². The molecule has 25 heavy (non-hydrogen) atoms. The Labute approximate surface area is 149 Å². The molecule has 140 valence electrons. The van der Waals surface area contributed by atoms with Crippen LogP contribution < -0.4 is 5.32 Å². The van der Waals surface area contributed by atoms with Crippen molar-refractivity contribution in [3.63, 3.8) is 0 Å². The summed E-state index contributed by atoms with van der Waals surface area (Å²) >= 11 is 0. The van der Waals surface area contributed by atoms with Crippen molar-refractivity contribution < 1.29 is 17.6 Å². The lowest BCUT2D eigenvalue weighted by atomic mass is 9.95. The molecular formula is C18H27FN2O3S. The molecule has 1 aromatic carbocycles. The number of hydrogen-bond acceptors (Lipinski definition) is 3. The highest BCUT2D eigenvalue weighted by Crippen LogP contribution is 2.17. The summed E-state index contributed by atoms with van der Waals surface area (Å²) in [5.74, 6) is -0.461. The number of nitrogens with zero attached hydrogens (tertiary/aromatic N) is 1. The van der Waals surface area contributed by atoms with Gasteiger partial charge in [0.1, 0.15) is 5.82 Å². The van der Waals surface area contributed by atoms with E-state index in [-0.39, 0.29) is 43.7 Å². The summed E-state index contributed by atoms with van der Waals surface area (Å²) in [7, 11) is -3.45. The maximum absolute atomic E-state index is 13.7. The second kappa shape index (κ2) is 9.29. The smallest absolute Gasteiger partial charge is 0.221 e. The van der Waals surface area contributed by atoms with Crippen molar-refractivity contribution in [1.29, 1.82) is 0 Å². The van der Waals surface area contributed by atoms with Crippen LogP contribution in [0, 0.1) is 5.82 Å². The first-order valence-corrected chi connectivity index (χ1v) is 10.7. The highest BCUT2D eigenvalue weighted by molar-refractivity contribution is 7.88. The van der Waals surface area contributed by atoms with Gasteiger partial charge >= 0.3 is 0 Å². The highest BCUT2D eigenvalue weighted by atomic mass is 32.2. The zero-order valence-electron chi connectivity index (χ0n) is 14.7. The van der Waals surface area contributed by atoms with Gasteiger partial charge in [-0.25, -0.2) is 17.1 Å². The monoisotopic (exact) mass is 370 g/mol. The van der Waals surface area contributed by atoms with Gasteiger partial charge in [0.2, 0.25) is 15.9 Å². The fraction of sp³-hybridized carbons (Fsp3) is 0.611. The van der Waals surface area contributed by atoms with Crippen LogP contribution >= 0.6 is 0 Å². The summed E-state index contributed by atoms with van der Waals surface area (Å²) in [6.45, 7) is 0.280. The van der Waals surface area contributed by atoms with Crippen molar-refractivity contribution in [1.82, 2.24) is 9.62 Å². The summed E-state index contributed by atoms with van der Waals surface area (Å²) in [6, 6.07) is 6.54. The number of halogens is 1. The Morgan fingerprint density at radius 1 is 1.20 bits per heavy atom. The van der Waals surface area contributed by atoms with Crippen LogP contribution in [0.1, 0.15) is 44.1 Å². The largest absolute Gasteiger partial charge is 0.353 e. The van der Waals surface area contributed by atoms with Gasteiger partial charge in [0, 0.05) is 25.6 Å². The lowest BCUT2D eigenvalue weighted by molar-refractivity contribution is -0.122. The van der Waals surface area contributed by atoms with Crippen LogP contribution in [-0.2, 0) is 21.2 Å². The molecule has 0 heterocycles. The Morgan fingerprint density at radius 3 is 2.52 bits per heavy atom. The minimum absolute atomic E-state index is 0.117. The average molecular weight is 370 g/mol. The Bertz CT molecular complexity index is 673. The van der Waals surface area contributed by atoms with Gasteiger partial charge < -0.3 is 5.32 Å². The molecule has 1 aliphatic rings. The molecule has 0 saturated heterocycles. The molecule has 1 saturated carbocycles. The summed E-state index contributed by atoms with van der Waals surface area (Å²) < 4.78 is 38.8. The summed E-state index contributed by atoms with van der Waals surface area (Å²) in [5, 5.41) is 2.99. The van der Waals surface area contributed by atoms with E-state index in [2.05, 4.69) is 5.32 Å². The number of amides is 1. The molecule has 1 amide bonds. The standard InChI is InChI=1S/C18H27FN2O3S/c1-25(23,24)21(13-11-15-7-5-6-10-17(15)19)14-12-18(22)20-16-8-3-2-4-9-16/h5-7,10,16H,2-4,8-9,11-14H2,1H3,(H,20,22). The van der Waals surface area contributed by atoms with E-state index in [1.165, 1.54) is 16.8 Å². The third kappa shape index (κ3) is 6.74. The molecule has 1 aromatic rings. The molecule has 0 unspecified atom stereocenters. The first-order chi connectivity index (χ1) is 11.9. The third-order valence-corrected chi connectivity index (χ3v) is 5.92. The minimum atomic E-state index is -3.45. The van der Waals surface area contributed by atoms with Crippen LogP contribution in [0.5, 0.6) is 0 Å². The summed E-state index contributed by atoms with van der Waals surface area (Å²) in [5.41, 5.74) is 0.475. The minimum Gasteiger partial charge on any atom is -0.353 e. The van der Waals surface area contributed by atoms with Crippen LogP contribution in [0.15, 0.2) is 24.3 Å². The Morgan fingerprint density at radius 2 is 1.88 bits per heavy atom. The fourth-order valence-corrected chi connectivity index (χ4v) is 4.01. The maximum Gasteiger partial charge on any atom is 0.221 e. The normalized spacial score (nSPS) is 16.1. The first kappa shape index (κ1) is 19.8. The van der Waals surface area contributed by atoms with Gasteiger partial charge in [0.25, 0.3) is 0 Å². The molecule has 0 atom stereocenters. The number of sulfonamides is 1. The van der Waals surface area contributed by atoms with Crippen LogP contribution in [0.4, 0.5) is 4.39 Å². The molecule has 5 nitrogen and oxygen atoms in total. The second-order valence-electron chi connectivity index (χ2n) is 6.66. The predicted molar refractivity (Wildman–Crippen MR) is 96.2 cm³/mol. The maximum atomic E-state index is 13.7. The summed E-state index contributed by atoms with van der Waals surface area (Å²) in [4.78, 5) is 12.1. The van der Waals surface area contributed by atoms with Crippen molar-refractivity contribution in [2.45, 2.75) is 51.0 Å². The number of nitrogens with one attached hydrogen (secondary N) is 1. The molecule has 0 bridgehead atoms. The van der Waals surface area contributed by atoms with Gasteiger partial charge in [-0.05, 0) is 30.9 Å². The van der Waals surface area contributed by atoms with E-state index in [0.717, 1.165) is 31.9 Å². The van der Waals surface area contributed by atoms with Crippen molar-refractivity contribution in [3.05, 3.63) is 35.6 Å². The molecule has 0 aromatic heterocycles. The number of hydrogen-bond donors (Lipinski definition) is 1. The molecule has 1 aliphatic carbocycles. The number of rotatable bonds is 8. The Balaban J connectivity index is 1.85. The van der Waals surface area contributed by atoms with Crippen molar-refractivity contribution >= 4 is 15.9 Å². The Hall–Kier alpha value is -1.47. The molecule has 1 fully saturated rings. The molecular weight excluding hydrogens is 343 g/mol. The predicted octanol–water partition coefficient (Wildman–Crippen LogP) is 2.47. The number of carbonyl (C=O) groups excluding carboxylic acids is 1. The quantitative estimate of drug-likeness (QED) is 0.764. The van der Waals surface area contributed by atoms with Gasteiger partial charge in [-0.15, -0.1) is 0 Å². The number of benzene rings is 1. The van der Waals surface area contributed by atoms with Gasteiger partial charge in [-0.2, -0.15) is 0 Å². The van der Waals surface area contributed by atoms with E-state index in [1.807, 2.05) is 0 Å². The second-order valence-corrected chi connectivity index (χ2v) is 8.64. The summed E-state index contributed by atoms with van der Waals surface area (Å²) in [6.07, 6.45) is 6.98. The SMILES string of the molecule is CS(=O)(=O)N(CCC(=O)NC1CCCCC1)CCc1ccccc1F. The van der Waals surface area contributed by atoms with E-state index in [9.17, 15) is 17.6 Å². The number of carbonyl (C=O) groups is 1. The molecule has 0 spiro atoms. The van der Waals surface area contributed by atoms with Crippen LogP contribution in [-0.4, -0.2) is 44.0 Å². The van der Waals surface area contributed by atoms with E-state index in [1.54, 1.807) is 18.2 Å². The fourth-order valence-electron chi connectivity index (χ4n) is 3.16. The van der Waals surface area contributed by atoms with E-state index in [0.29, 0.717) is 5.56 Å². The van der Waals surface area contributed by atoms with Gasteiger partial charge in [0.15, 0.2) is 0 Å². The van der Waals surface area contributed by atoms with E-state index in [4.69, 9.17) is 0 Å². The third-order valence-electron chi connectivity index (χ3n) is 4.62. The van der Waals surface area contributed by atoms with E-state index < -0.39 is 10.0 Å². The van der Waals surface area contributed by atoms with Crippen molar-refractivity contribution in [2.24, 2.45) is 0 Å². The van der Waals surface area contributed by atoms with Gasteiger partial charge in [-0.1, -0.05) is 37.5 Å². The first-order valence-electron chi connectivity index (χ1n) is 8.84. The lowest BCUT2D eigenvalue weighted by Gasteiger charge is -2.24. The van der Waals surface area contributed by atoms with Crippen molar-refractivity contribution in [2.75, 3.05) is 19.3 Å². The molecule has 0 aliphatic heterocycles. The molecule has 1 N–H and O–H groups in total. The average Bonchev–Trinajstić information content (AvgIpc) is 2.56. The highest BCUT2D eigenvalue weighted by Gasteiger charge is 2.20. The topological polar surface area (TPSA) is 66.5 Å². The van der Waals surface area contributed by atoms with Gasteiger partial charge in [0.05, 0.1) is 6.26 Å². The van der Waals surface area contributed by atoms with Crippen LogP contribution in [0.25, 0.3) is 0 Å². The Kier molecular flexibility index (Phi) is 7.38. The molecule has 0 radical (unpaired) electrons. The molecule has 2 rings (SSSR count). The zero-order valence-corrected chi connectivity index (χ0v) is 15.5. The van der Waals surface area contributed by atoms with Crippen molar-refractivity contribution in [3.8, 4) is 0 Å². The van der Waals surface area contributed by atoms with Crippen LogP contribution in [0.2, 0.25) is 0 Å². The van der Waals surface area contributed by atoms with E-state index >= 15 is 0 Å². The molecule has 7 heteroatoms. The zero-order chi connectivity index (χ0) is 18.3.